The first-order valence-corrected chi connectivity index (χ1v) is 18.9. The highest BCUT2D eigenvalue weighted by Gasteiger charge is 2.51. The Morgan fingerprint density at radius 3 is 2.13 bits per heavy atom. The maximum absolute atomic E-state index is 13.4. The molecule has 4 atom stereocenters. The average Bonchev–Trinajstić information content (AvgIpc) is 3.98. The second-order valence-electron chi connectivity index (χ2n) is 15.4. The predicted molar refractivity (Wildman–Crippen MR) is 198 cm³/mol. The van der Waals surface area contributed by atoms with E-state index in [-0.39, 0.29) is 34.6 Å². The molecule has 2 bridgehead atoms. The number of benzene rings is 1. The number of fused-ring (bicyclic) bond motifs is 3. The molecule has 53 heavy (non-hydrogen) atoms. The van der Waals surface area contributed by atoms with Crippen LogP contribution in [0.4, 0.5) is 9.59 Å². The first-order chi connectivity index (χ1) is 25.4. The molecule has 4 aliphatic rings. The summed E-state index contributed by atoms with van der Waals surface area (Å²) < 4.78 is 9.42. The van der Waals surface area contributed by atoms with Gasteiger partial charge in [-0.2, -0.15) is 0 Å². The van der Waals surface area contributed by atoms with E-state index in [9.17, 15) is 19.2 Å². The van der Waals surface area contributed by atoms with Gasteiger partial charge in [0.25, 0.3) is 0 Å². The van der Waals surface area contributed by atoms with Crippen LogP contribution in [0.2, 0.25) is 0 Å². The zero-order valence-corrected chi connectivity index (χ0v) is 31.7. The molecule has 3 aliphatic carbocycles. The van der Waals surface area contributed by atoms with Crippen LogP contribution in [0.15, 0.2) is 36.7 Å². The van der Waals surface area contributed by atoms with E-state index in [4.69, 9.17) is 9.72 Å². The second-order valence-corrected chi connectivity index (χ2v) is 15.4. The quantitative estimate of drug-likeness (QED) is 0.157. The molecule has 3 heterocycles. The molecular formula is C39H54N8O6. The molecule has 4 fully saturated rings. The number of nitrogens with zero attached hydrogens (tertiary/aromatic N) is 3. The lowest BCUT2D eigenvalue weighted by atomic mass is 9.51. The molecule has 1 aromatic carbocycles. The van der Waals surface area contributed by atoms with E-state index < -0.39 is 30.3 Å². The van der Waals surface area contributed by atoms with Gasteiger partial charge in [0.05, 0.1) is 38.2 Å². The summed E-state index contributed by atoms with van der Waals surface area (Å²) in [6.07, 6.45) is 11.3. The van der Waals surface area contributed by atoms with Crippen LogP contribution in [-0.2, 0) is 29.9 Å². The number of H-pyrrole nitrogens is 2. The van der Waals surface area contributed by atoms with Crippen molar-refractivity contribution >= 4 is 24.0 Å². The van der Waals surface area contributed by atoms with E-state index in [1.165, 1.54) is 25.5 Å². The Kier molecular flexibility index (Phi) is 11.2. The molecule has 0 spiro atoms. The lowest BCUT2D eigenvalue weighted by Crippen LogP contribution is -2.50. The Labute approximate surface area is 311 Å². The second kappa shape index (κ2) is 15.6. The number of alkyl carbamates (subject to hydrolysis) is 2. The minimum atomic E-state index is -0.731. The first kappa shape index (κ1) is 37.9. The summed E-state index contributed by atoms with van der Waals surface area (Å²) >= 11 is 0. The lowest BCUT2D eigenvalue weighted by Gasteiger charge is -2.53. The summed E-state index contributed by atoms with van der Waals surface area (Å²) in [7, 11) is 2.57. The van der Waals surface area contributed by atoms with Crippen molar-refractivity contribution < 1.29 is 28.7 Å². The zero-order chi connectivity index (χ0) is 37.9. The number of likely N-dealkylation sites (tertiary alicyclic amines) is 1. The van der Waals surface area contributed by atoms with E-state index in [0.717, 1.165) is 68.4 Å². The molecule has 4 amide bonds. The first-order valence-electron chi connectivity index (χ1n) is 18.9. The van der Waals surface area contributed by atoms with Crippen molar-refractivity contribution in [3.05, 3.63) is 59.6 Å². The third-order valence-corrected chi connectivity index (χ3v) is 12.0. The largest absolute Gasteiger partial charge is 0.453 e. The van der Waals surface area contributed by atoms with E-state index in [1.54, 1.807) is 6.20 Å². The number of nitrogens with one attached hydrogen (secondary N) is 5. The predicted octanol–water partition coefficient (Wildman–Crippen LogP) is 5.70. The van der Waals surface area contributed by atoms with Crippen molar-refractivity contribution in [2.24, 2.45) is 5.92 Å². The van der Waals surface area contributed by atoms with Crippen molar-refractivity contribution in [3.63, 3.8) is 0 Å². The average molecular weight is 731 g/mol. The summed E-state index contributed by atoms with van der Waals surface area (Å²) in [6, 6.07) is 6.92. The number of carbonyl (C=O) groups excluding carboxylic acids is 4. The molecule has 5 N–H and O–H groups in total. The molecular weight excluding hydrogens is 676 g/mol. The van der Waals surface area contributed by atoms with Crippen LogP contribution in [0.3, 0.4) is 0 Å². The van der Waals surface area contributed by atoms with Crippen LogP contribution >= 0.6 is 0 Å². The summed E-state index contributed by atoms with van der Waals surface area (Å²) in [4.78, 5) is 68.3. The molecule has 1 aliphatic heterocycles. The van der Waals surface area contributed by atoms with Crippen LogP contribution in [0, 0.1) is 5.92 Å². The summed E-state index contributed by atoms with van der Waals surface area (Å²) in [5, 5.41) is 8.23. The number of aromatic amines is 2. The van der Waals surface area contributed by atoms with Gasteiger partial charge in [-0.3, -0.25) is 9.59 Å². The number of imidazole rings is 2. The number of carbonyl (C=O) groups is 4. The molecule has 14 heteroatoms. The normalized spacial score (nSPS) is 24.0. The maximum Gasteiger partial charge on any atom is 0.407 e. The highest BCUT2D eigenvalue weighted by molar-refractivity contribution is 5.86. The van der Waals surface area contributed by atoms with Gasteiger partial charge in [0.15, 0.2) is 0 Å². The topological polar surface area (TPSA) is 183 Å². The Morgan fingerprint density at radius 1 is 0.868 bits per heavy atom. The smallest absolute Gasteiger partial charge is 0.407 e. The third-order valence-electron chi connectivity index (χ3n) is 12.0. The number of amides is 4. The number of rotatable bonds is 12. The van der Waals surface area contributed by atoms with Crippen molar-refractivity contribution in [2.75, 3.05) is 20.8 Å². The Morgan fingerprint density at radius 2 is 1.51 bits per heavy atom. The molecule has 3 saturated carbocycles. The fourth-order valence-corrected chi connectivity index (χ4v) is 8.65. The van der Waals surface area contributed by atoms with Gasteiger partial charge in [0.1, 0.15) is 23.7 Å². The van der Waals surface area contributed by atoms with Crippen molar-refractivity contribution in [1.82, 2.24) is 40.8 Å². The van der Waals surface area contributed by atoms with Gasteiger partial charge in [-0.1, -0.05) is 45.0 Å². The van der Waals surface area contributed by atoms with Crippen LogP contribution < -0.4 is 16.0 Å². The van der Waals surface area contributed by atoms with Gasteiger partial charge in [-0.15, -0.1) is 0 Å². The Bertz CT molecular complexity index is 1760. The van der Waals surface area contributed by atoms with E-state index in [0.29, 0.717) is 18.8 Å². The number of methoxy groups -OCH3 is 2. The van der Waals surface area contributed by atoms with Crippen LogP contribution in [-0.4, -0.2) is 81.7 Å². The molecule has 0 radical (unpaired) electrons. The van der Waals surface area contributed by atoms with Crippen LogP contribution in [0.1, 0.15) is 120 Å². The van der Waals surface area contributed by atoms with Gasteiger partial charge in [-0.05, 0) is 87.2 Å². The molecule has 14 nitrogen and oxygen atoms in total. The van der Waals surface area contributed by atoms with E-state index >= 15 is 0 Å². The monoisotopic (exact) mass is 730 g/mol. The Hall–Kier alpha value is -4.88. The fourth-order valence-electron chi connectivity index (χ4n) is 8.65. The fraction of sp³-hybridized carbons (Fsp3) is 0.590. The molecule has 1 saturated heterocycles. The Balaban J connectivity index is 1.07. The van der Waals surface area contributed by atoms with Gasteiger partial charge in [-0.25, -0.2) is 19.6 Å². The third kappa shape index (κ3) is 7.63. The highest BCUT2D eigenvalue weighted by Crippen LogP contribution is 2.58. The van der Waals surface area contributed by atoms with Gasteiger partial charge in [0, 0.05) is 23.9 Å². The summed E-state index contributed by atoms with van der Waals surface area (Å²) in [5.74, 6) is 0.933. The molecule has 2 aromatic heterocycles. The number of hydrogen-bond donors (Lipinski definition) is 5. The number of aromatic nitrogens is 4. The lowest BCUT2D eigenvalue weighted by molar-refractivity contribution is -0.134. The number of ether oxygens (including phenoxy) is 2. The van der Waals surface area contributed by atoms with Gasteiger partial charge >= 0.3 is 12.2 Å². The summed E-state index contributed by atoms with van der Waals surface area (Å²) in [6.45, 7) is 8.10. The van der Waals surface area contributed by atoms with E-state index in [2.05, 4.69) is 59.9 Å². The molecule has 7 rings (SSSR count). The zero-order valence-electron chi connectivity index (χ0n) is 31.7. The highest BCUT2D eigenvalue weighted by atomic mass is 16.5. The van der Waals surface area contributed by atoms with Crippen molar-refractivity contribution in [2.45, 2.75) is 120 Å². The van der Waals surface area contributed by atoms with Gasteiger partial charge in [0.2, 0.25) is 11.8 Å². The number of hydrogen-bond acceptors (Lipinski definition) is 8. The SMILES string of the molecule is CCC(NC(=O)OC)C(=O)N1CCCC1c1ncc(C23CCC(c4ccc(-c5cnc(C(C)NC(=O)C(NC(=O)OC)C(C)C)[nH]5)cc4)(CC2)CC3)[nH]1. The molecule has 286 valence electrons. The molecule has 3 aromatic rings. The van der Waals surface area contributed by atoms with Gasteiger partial charge < -0.3 is 40.3 Å². The standard InChI is InChI=1S/C39H54N8O6/c1-7-27(44-36(50)52-5)35(49)47-20-8-9-29(47)33-41-22-30(45-33)39-17-14-38(15-18-39,16-19-39)26-12-10-25(11-13-26)28-21-40-32(43-28)24(4)42-34(48)31(23(2)3)46-37(51)53-6/h10-13,21-24,27,29,31H,7-9,14-20H2,1-6H3,(H,40,43)(H,41,45)(H,42,48)(H,44,50)(H,46,51). The van der Waals surface area contributed by atoms with Crippen molar-refractivity contribution in [3.8, 4) is 11.3 Å². The van der Waals surface area contributed by atoms with E-state index in [1.807, 2.05) is 38.8 Å². The minimum Gasteiger partial charge on any atom is -0.453 e. The van der Waals surface area contributed by atoms with Crippen LogP contribution in [0.5, 0.6) is 0 Å². The molecule has 4 unspecified atom stereocenters. The van der Waals surface area contributed by atoms with Crippen LogP contribution in [0.25, 0.3) is 11.3 Å². The maximum atomic E-state index is 13.4. The minimum absolute atomic E-state index is 0.0573. The summed E-state index contributed by atoms with van der Waals surface area (Å²) in [5.41, 5.74) is 4.63. The van der Waals surface area contributed by atoms with Crippen molar-refractivity contribution in [1.29, 1.82) is 0 Å².